The highest BCUT2D eigenvalue weighted by Gasteiger charge is 2.19. The molecule has 0 aromatic rings. The fourth-order valence-electron chi connectivity index (χ4n) is 9.18. The van der Waals surface area contributed by atoms with E-state index in [0.29, 0.717) is 19.3 Å². The average molecular weight is 1070 g/mol. The van der Waals surface area contributed by atoms with E-state index in [1.165, 1.54) is 154 Å². The van der Waals surface area contributed by atoms with Crippen molar-refractivity contribution in [3.63, 3.8) is 0 Å². The number of rotatable bonds is 59. The van der Waals surface area contributed by atoms with E-state index in [9.17, 15) is 14.4 Å². The Morgan fingerprint density at radius 1 is 0.273 bits per heavy atom. The Kier molecular flexibility index (Phi) is 61.8. The molecule has 0 aromatic heterocycles. The standard InChI is InChI=1S/C71H122O6/c1-4-7-10-13-16-19-21-23-25-26-27-28-29-30-31-32-33-34-35-36-37-38-39-40-41-42-43-44-46-47-49-52-55-58-61-64-70(73)76-67-68(66-75-69(72)63-60-57-54-51-18-15-12-9-6-3)77-71(74)65-62-59-56-53-50-48-45-24-22-20-17-14-11-8-5-2/h7,10,16-17,19-20,23-25,27-28,30-31,33-34,45,68H,4-6,8-9,11-15,18,21-22,26,29,32,35-44,46-67H2,1-3H3/b10-7-,19-16-,20-17-,25-23-,28-27-,31-30-,34-33-,45-24-. The molecule has 0 heterocycles. The van der Waals surface area contributed by atoms with Crippen LogP contribution in [0.5, 0.6) is 0 Å². The summed E-state index contributed by atoms with van der Waals surface area (Å²) in [5.41, 5.74) is 0. The van der Waals surface area contributed by atoms with E-state index in [4.69, 9.17) is 14.2 Å². The summed E-state index contributed by atoms with van der Waals surface area (Å²) in [6.45, 7) is 6.49. The monoisotopic (exact) mass is 1070 g/mol. The topological polar surface area (TPSA) is 78.9 Å². The van der Waals surface area contributed by atoms with Crippen molar-refractivity contribution in [2.45, 2.75) is 322 Å². The second-order valence-electron chi connectivity index (χ2n) is 21.6. The number of esters is 3. The van der Waals surface area contributed by atoms with Gasteiger partial charge in [-0.3, -0.25) is 14.4 Å². The number of unbranched alkanes of at least 4 members (excludes halogenated alkanes) is 32. The summed E-state index contributed by atoms with van der Waals surface area (Å²) >= 11 is 0. The molecule has 0 saturated heterocycles. The molecule has 6 nitrogen and oxygen atoms in total. The van der Waals surface area contributed by atoms with Gasteiger partial charge in [0.2, 0.25) is 0 Å². The Bertz CT molecular complexity index is 1510. The Hall–Kier alpha value is -3.67. The highest BCUT2D eigenvalue weighted by molar-refractivity contribution is 5.71. The quantitative estimate of drug-likeness (QED) is 0.0261. The van der Waals surface area contributed by atoms with Crippen molar-refractivity contribution in [3.05, 3.63) is 97.2 Å². The van der Waals surface area contributed by atoms with Crippen LogP contribution in [-0.2, 0) is 28.6 Å². The normalized spacial score (nSPS) is 12.7. The van der Waals surface area contributed by atoms with Crippen molar-refractivity contribution in [2.24, 2.45) is 0 Å². The Morgan fingerprint density at radius 3 is 0.818 bits per heavy atom. The van der Waals surface area contributed by atoms with Gasteiger partial charge in [0, 0.05) is 19.3 Å². The van der Waals surface area contributed by atoms with E-state index in [1.807, 2.05) is 0 Å². The largest absolute Gasteiger partial charge is 0.462 e. The maximum atomic E-state index is 12.8. The first-order chi connectivity index (χ1) is 38.0. The summed E-state index contributed by atoms with van der Waals surface area (Å²) in [5.74, 6) is -0.885. The maximum absolute atomic E-state index is 12.8. The summed E-state index contributed by atoms with van der Waals surface area (Å²) in [6.07, 6.45) is 87.3. The first-order valence-electron chi connectivity index (χ1n) is 32.7. The van der Waals surface area contributed by atoms with Crippen LogP contribution in [-0.4, -0.2) is 37.2 Å². The molecule has 0 rings (SSSR count). The van der Waals surface area contributed by atoms with Crippen LogP contribution in [0.1, 0.15) is 316 Å². The molecule has 0 amide bonds. The lowest BCUT2D eigenvalue weighted by Crippen LogP contribution is -2.30. The number of hydrogen-bond acceptors (Lipinski definition) is 6. The van der Waals surface area contributed by atoms with Gasteiger partial charge in [0.15, 0.2) is 6.10 Å². The number of carbonyl (C=O) groups excluding carboxylic acids is 3. The summed E-state index contributed by atoms with van der Waals surface area (Å²) < 4.78 is 16.9. The van der Waals surface area contributed by atoms with E-state index in [1.54, 1.807) is 0 Å². The molecule has 6 heteroatoms. The van der Waals surface area contributed by atoms with Gasteiger partial charge in [-0.25, -0.2) is 0 Å². The Morgan fingerprint density at radius 2 is 0.506 bits per heavy atom. The summed E-state index contributed by atoms with van der Waals surface area (Å²) in [6, 6.07) is 0. The van der Waals surface area contributed by atoms with E-state index < -0.39 is 6.10 Å². The lowest BCUT2D eigenvalue weighted by atomic mass is 10.0. The highest BCUT2D eigenvalue weighted by atomic mass is 16.6. The molecule has 0 aliphatic heterocycles. The summed E-state index contributed by atoms with van der Waals surface area (Å²) in [5, 5.41) is 0. The third kappa shape index (κ3) is 63.0. The molecule has 1 atom stereocenters. The van der Waals surface area contributed by atoms with Crippen LogP contribution < -0.4 is 0 Å². The smallest absolute Gasteiger partial charge is 0.306 e. The van der Waals surface area contributed by atoms with Gasteiger partial charge in [0.1, 0.15) is 13.2 Å². The molecule has 0 aromatic carbocycles. The van der Waals surface area contributed by atoms with Crippen LogP contribution in [0.15, 0.2) is 97.2 Å². The SMILES string of the molecule is CC/C=C\C/C=C\C/C=C\C/C=C\C/C=C\C/C=C\CCCCCCCCCCCCCCCCCCC(=O)OCC(COC(=O)CCCCCCCCCCC)OC(=O)CCCCCCC/C=C\C/C=C\CCCCC. The van der Waals surface area contributed by atoms with Crippen molar-refractivity contribution in [3.8, 4) is 0 Å². The Labute approximate surface area is 477 Å². The van der Waals surface area contributed by atoms with E-state index in [0.717, 1.165) is 122 Å². The van der Waals surface area contributed by atoms with Crippen LogP contribution >= 0.6 is 0 Å². The average Bonchev–Trinajstić information content (AvgIpc) is 3.43. The number of carbonyl (C=O) groups is 3. The van der Waals surface area contributed by atoms with Gasteiger partial charge >= 0.3 is 17.9 Å². The number of allylic oxidation sites excluding steroid dienone is 16. The molecule has 0 fully saturated rings. The fraction of sp³-hybridized carbons (Fsp3) is 0.732. The zero-order valence-electron chi connectivity index (χ0n) is 50.7. The summed E-state index contributed by atoms with van der Waals surface area (Å²) in [4.78, 5) is 38.1. The van der Waals surface area contributed by atoms with E-state index >= 15 is 0 Å². The molecule has 0 spiro atoms. The van der Waals surface area contributed by atoms with Crippen molar-refractivity contribution in [1.82, 2.24) is 0 Å². The van der Waals surface area contributed by atoms with Gasteiger partial charge in [-0.15, -0.1) is 0 Å². The Balaban J connectivity index is 4.06. The van der Waals surface area contributed by atoms with Crippen LogP contribution in [0.25, 0.3) is 0 Å². The number of hydrogen-bond donors (Lipinski definition) is 0. The molecule has 0 aliphatic rings. The van der Waals surface area contributed by atoms with Crippen LogP contribution in [0, 0.1) is 0 Å². The van der Waals surface area contributed by atoms with E-state index in [2.05, 4.69) is 118 Å². The molecule has 0 radical (unpaired) electrons. The van der Waals surface area contributed by atoms with E-state index in [-0.39, 0.29) is 31.1 Å². The minimum atomic E-state index is -0.780. The van der Waals surface area contributed by atoms with Gasteiger partial charge in [0.05, 0.1) is 0 Å². The van der Waals surface area contributed by atoms with Gasteiger partial charge < -0.3 is 14.2 Å². The first-order valence-corrected chi connectivity index (χ1v) is 32.7. The lowest BCUT2D eigenvalue weighted by Gasteiger charge is -2.18. The molecule has 0 aliphatic carbocycles. The molecule has 0 bridgehead atoms. The predicted octanol–water partition coefficient (Wildman–Crippen LogP) is 22.4. The third-order valence-electron chi connectivity index (χ3n) is 14.1. The summed E-state index contributed by atoms with van der Waals surface area (Å²) in [7, 11) is 0. The van der Waals surface area contributed by atoms with Crippen molar-refractivity contribution < 1.29 is 28.6 Å². The fourth-order valence-corrected chi connectivity index (χ4v) is 9.18. The zero-order chi connectivity index (χ0) is 55.7. The molecule has 0 N–H and O–H groups in total. The molecular weight excluding hydrogens is 949 g/mol. The molecule has 1 unspecified atom stereocenters. The molecule has 77 heavy (non-hydrogen) atoms. The molecule has 442 valence electrons. The van der Waals surface area contributed by atoms with Gasteiger partial charge in [-0.1, -0.05) is 291 Å². The van der Waals surface area contributed by atoms with Crippen molar-refractivity contribution >= 4 is 17.9 Å². The van der Waals surface area contributed by atoms with Crippen LogP contribution in [0.4, 0.5) is 0 Å². The van der Waals surface area contributed by atoms with Crippen LogP contribution in [0.2, 0.25) is 0 Å². The van der Waals surface area contributed by atoms with Crippen LogP contribution in [0.3, 0.4) is 0 Å². The van der Waals surface area contributed by atoms with Gasteiger partial charge in [0.25, 0.3) is 0 Å². The van der Waals surface area contributed by atoms with Crippen molar-refractivity contribution in [1.29, 1.82) is 0 Å². The highest BCUT2D eigenvalue weighted by Crippen LogP contribution is 2.17. The van der Waals surface area contributed by atoms with Gasteiger partial charge in [-0.05, 0) is 103 Å². The first kappa shape index (κ1) is 73.3. The minimum absolute atomic E-state index is 0.0786. The second kappa shape index (κ2) is 64.9. The molecule has 0 saturated carbocycles. The second-order valence-corrected chi connectivity index (χ2v) is 21.6. The van der Waals surface area contributed by atoms with Crippen molar-refractivity contribution in [2.75, 3.05) is 13.2 Å². The zero-order valence-corrected chi connectivity index (χ0v) is 50.7. The maximum Gasteiger partial charge on any atom is 0.306 e. The number of ether oxygens (including phenoxy) is 3. The third-order valence-corrected chi connectivity index (χ3v) is 14.1. The minimum Gasteiger partial charge on any atom is -0.462 e. The predicted molar refractivity (Wildman–Crippen MR) is 334 cm³/mol. The van der Waals surface area contributed by atoms with Gasteiger partial charge in [-0.2, -0.15) is 0 Å². The molecular formula is C71H122O6. The lowest BCUT2D eigenvalue weighted by molar-refractivity contribution is -0.167.